The number of ether oxygens (including phenoxy) is 2. The number of halogens is 1. The van der Waals surface area contributed by atoms with E-state index in [-0.39, 0.29) is 6.61 Å². The molecule has 5 heteroatoms. The van der Waals surface area contributed by atoms with Gasteiger partial charge in [-0.1, -0.05) is 35.9 Å². The molecule has 2 aromatic carbocycles. The number of hydrogen-bond donors (Lipinski definition) is 0. The number of carbonyl (C=O) groups is 1. The number of rotatable bonds is 6. The third kappa shape index (κ3) is 5.06. The molecular weight excluding hydrogens is 338 g/mol. The van der Waals surface area contributed by atoms with Crippen molar-refractivity contribution in [3.05, 3.63) is 94.8 Å². The van der Waals surface area contributed by atoms with Crippen molar-refractivity contribution < 1.29 is 14.3 Å². The minimum Gasteiger partial charge on any atom is -0.489 e. The Kier molecular flexibility index (Phi) is 5.65. The van der Waals surface area contributed by atoms with E-state index in [0.29, 0.717) is 17.2 Å². The Labute approximate surface area is 151 Å². The van der Waals surface area contributed by atoms with Crippen LogP contribution < -0.4 is 4.74 Å². The van der Waals surface area contributed by atoms with Crippen LogP contribution in [-0.2, 0) is 18.0 Å². The number of aromatic nitrogens is 1. The number of nitrogens with zero attached hydrogens (tertiary/aromatic N) is 1. The highest BCUT2D eigenvalue weighted by molar-refractivity contribution is 6.30. The average molecular weight is 354 g/mol. The maximum Gasteiger partial charge on any atom is 0.340 e. The zero-order valence-corrected chi connectivity index (χ0v) is 14.1. The standard InChI is InChI=1S/C20H16ClNO3/c21-18-7-3-15(4-8-18)13-24-19-9-5-16(6-10-19)14-25-20(23)17-2-1-11-22-12-17/h1-12H,13-14H2. The second-order valence-electron chi connectivity index (χ2n) is 5.38. The minimum absolute atomic E-state index is 0.200. The summed E-state index contributed by atoms with van der Waals surface area (Å²) in [5, 5.41) is 0.703. The van der Waals surface area contributed by atoms with Gasteiger partial charge in [0.2, 0.25) is 0 Å². The summed E-state index contributed by atoms with van der Waals surface area (Å²) < 4.78 is 11.0. The highest BCUT2D eigenvalue weighted by Gasteiger charge is 2.07. The molecule has 25 heavy (non-hydrogen) atoms. The molecule has 0 spiro atoms. The van der Waals surface area contributed by atoms with Gasteiger partial charge in [0, 0.05) is 17.4 Å². The van der Waals surface area contributed by atoms with Crippen molar-refractivity contribution in [2.24, 2.45) is 0 Å². The highest BCUT2D eigenvalue weighted by Crippen LogP contribution is 2.16. The molecule has 0 amide bonds. The fraction of sp³-hybridized carbons (Fsp3) is 0.100. The van der Waals surface area contributed by atoms with Crippen LogP contribution in [0.1, 0.15) is 21.5 Å². The Hall–Kier alpha value is -2.85. The molecule has 1 aromatic heterocycles. The van der Waals surface area contributed by atoms with Crippen LogP contribution in [-0.4, -0.2) is 11.0 Å². The molecule has 0 bridgehead atoms. The first-order valence-electron chi connectivity index (χ1n) is 7.74. The van der Waals surface area contributed by atoms with Gasteiger partial charge in [0.05, 0.1) is 5.56 Å². The zero-order chi connectivity index (χ0) is 17.5. The lowest BCUT2D eigenvalue weighted by Crippen LogP contribution is -2.05. The summed E-state index contributed by atoms with van der Waals surface area (Å²) >= 11 is 5.86. The largest absolute Gasteiger partial charge is 0.489 e. The quantitative estimate of drug-likeness (QED) is 0.604. The molecule has 0 aliphatic rings. The van der Waals surface area contributed by atoms with E-state index >= 15 is 0 Å². The van der Waals surface area contributed by atoms with Crippen LogP contribution in [0.3, 0.4) is 0 Å². The van der Waals surface area contributed by atoms with E-state index in [1.807, 2.05) is 48.5 Å². The molecule has 0 unspecified atom stereocenters. The van der Waals surface area contributed by atoms with Gasteiger partial charge in [0.15, 0.2) is 0 Å². The van der Waals surface area contributed by atoms with Crippen molar-refractivity contribution >= 4 is 17.6 Å². The normalized spacial score (nSPS) is 10.3. The molecule has 4 nitrogen and oxygen atoms in total. The van der Waals surface area contributed by atoms with Crippen molar-refractivity contribution in [3.63, 3.8) is 0 Å². The molecule has 1 heterocycles. The van der Waals surface area contributed by atoms with E-state index in [1.165, 1.54) is 6.20 Å². The molecule has 0 saturated heterocycles. The van der Waals surface area contributed by atoms with E-state index < -0.39 is 5.97 Å². The van der Waals surface area contributed by atoms with Gasteiger partial charge in [-0.05, 0) is 47.5 Å². The number of pyridine rings is 1. The molecule has 0 saturated carbocycles. The molecule has 0 aliphatic heterocycles. The third-order valence-corrected chi connectivity index (χ3v) is 3.76. The van der Waals surface area contributed by atoms with Crippen LogP contribution in [0.5, 0.6) is 5.75 Å². The van der Waals surface area contributed by atoms with Gasteiger partial charge in [0.25, 0.3) is 0 Å². The third-order valence-electron chi connectivity index (χ3n) is 3.51. The highest BCUT2D eigenvalue weighted by atomic mass is 35.5. The average Bonchev–Trinajstić information content (AvgIpc) is 2.67. The van der Waals surface area contributed by atoms with Crippen molar-refractivity contribution in [2.45, 2.75) is 13.2 Å². The molecule has 0 radical (unpaired) electrons. The summed E-state index contributed by atoms with van der Waals surface area (Å²) in [5.74, 6) is 0.355. The molecule has 0 fully saturated rings. The SMILES string of the molecule is O=C(OCc1ccc(OCc2ccc(Cl)cc2)cc1)c1cccnc1. The van der Waals surface area contributed by atoms with Crippen molar-refractivity contribution in [3.8, 4) is 5.75 Å². The predicted octanol–water partition coefficient (Wildman–Crippen LogP) is 4.67. The fourth-order valence-electron chi connectivity index (χ4n) is 2.14. The lowest BCUT2D eigenvalue weighted by atomic mass is 10.2. The first kappa shape index (κ1) is 17.0. The lowest BCUT2D eigenvalue weighted by molar-refractivity contribution is 0.0472. The fourth-order valence-corrected chi connectivity index (χ4v) is 2.27. The van der Waals surface area contributed by atoms with Gasteiger partial charge in [0.1, 0.15) is 19.0 Å². The van der Waals surface area contributed by atoms with Gasteiger partial charge in [-0.3, -0.25) is 4.98 Å². The molecule has 3 aromatic rings. The Balaban J connectivity index is 1.50. The van der Waals surface area contributed by atoms with Crippen LogP contribution in [0.4, 0.5) is 0 Å². The molecular formula is C20H16ClNO3. The summed E-state index contributed by atoms with van der Waals surface area (Å²) in [6, 6.07) is 18.3. The zero-order valence-electron chi connectivity index (χ0n) is 13.4. The van der Waals surface area contributed by atoms with E-state index in [4.69, 9.17) is 21.1 Å². The second-order valence-corrected chi connectivity index (χ2v) is 5.81. The van der Waals surface area contributed by atoms with Gasteiger partial charge in [-0.25, -0.2) is 4.79 Å². The Morgan fingerprint density at radius 1 is 0.920 bits per heavy atom. The van der Waals surface area contributed by atoms with Crippen LogP contribution in [0.25, 0.3) is 0 Å². The summed E-state index contributed by atoms with van der Waals surface area (Å²) in [7, 11) is 0. The number of benzene rings is 2. The molecule has 0 aliphatic carbocycles. The first-order chi connectivity index (χ1) is 12.2. The molecule has 3 rings (SSSR count). The molecule has 0 atom stereocenters. The number of carbonyl (C=O) groups excluding carboxylic acids is 1. The maximum atomic E-state index is 11.9. The summed E-state index contributed by atoms with van der Waals surface area (Å²) in [4.78, 5) is 15.8. The Bertz CT molecular complexity index is 818. The van der Waals surface area contributed by atoms with Crippen molar-refractivity contribution in [1.29, 1.82) is 0 Å². The van der Waals surface area contributed by atoms with Gasteiger partial charge < -0.3 is 9.47 Å². The topological polar surface area (TPSA) is 48.4 Å². The van der Waals surface area contributed by atoms with E-state index in [2.05, 4.69) is 4.98 Å². The van der Waals surface area contributed by atoms with E-state index in [1.54, 1.807) is 18.3 Å². The summed E-state index contributed by atoms with van der Waals surface area (Å²) in [5.41, 5.74) is 2.36. The minimum atomic E-state index is -0.392. The molecule has 0 N–H and O–H groups in total. The van der Waals surface area contributed by atoms with Gasteiger partial charge >= 0.3 is 5.97 Å². The van der Waals surface area contributed by atoms with Crippen molar-refractivity contribution in [1.82, 2.24) is 4.98 Å². The van der Waals surface area contributed by atoms with Crippen LogP contribution in [0.2, 0.25) is 5.02 Å². The maximum absolute atomic E-state index is 11.9. The van der Waals surface area contributed by atoms with Crippen LogP contribution in [0.15, 0.2) is 73.1 Å². The second kappa shape index (κ2) is 8.31. The van der Waals surface area contributed by atoms with E-state index in [0.717, 1.165) is 16.9 Å². The Morgan fingerprint density at radius 2 is 1.60 bits per heavy atom. The predicted molar refractivity (Wildman–Crippen MR) is 95.6 cm³/mol. The summed E-state index contributed by atoms with van der Waals surface area (Å²) in [6.07, 6.45) is 3.09. The first-order valence-corrected chi connectivity index (χ1v) is 8.12. The smallest absolute Gasteiger partial charge is 0.340 e. The van der Waals surface area contributed by atoms with E-state index in [9.17, 15) is 4.79 Å². The monoisotopic (exact) mass is 353 g/mol. The van der Waals surface area contributed by atoms with Crippen LogP contribution >= 0.6 is 11.6 Å². The number of esters is 1. The molecule has 126 valence electrons. The van der Waals surface area contributed by atoms with Gasteiger partial charge in [-0.2, -0.15) is 0 Å². The van der Waals surface area contributed by atoms with Gasteiger partial charge in [-0.15, -0.1) is 0 Å². The van der Waals surface area contributed by atoms with Crippen molar-refractivity contribution in [2.75, 3.05) is 0 Å². The van der Waals surface area contributed by atoms with Crippen LogP contribution in [0, 0.1) is 0 Å². The Morgan fingerprint density at radius 3 is 2.28 bits per heavy atom. The number of hydrogen-bond acceptors (Lipinski definition) is 4. The summed E-state index contributed by atoms with van der Waals surface area (Å²) in [6.45, 7) is 0.664. The lowest BCUT2D eigenvalue weighted by Gasteiger charge is -2.08.